The molecule has 0 unspecified atom stereocenters. The fraction of sp³-hybridized carbons (Fsp3) is 0.222. The van der Waals surface area contributed by atoms with Crippen LogP contribution < -0.4 is 15.9 Å². The van der Waals surface area contributed by atoms with Crippen LogP contribution in [0.1, 0.15) is 29.9 Å². The first-order valence-electron chi connectivity index (χ1n) is 7.95. The van der Waals surface area contributed by atoms with E-state index < -0.39 is 23.9 Å². The van der Waals surface area contributed by atoms with Crippen LogP contribution in [0.5, 0.6) is 5.75 Å². The molecule has 142 valence electrons. The lowest BCUT2D eigenvalue weighted by atomic mass is 9.86. The third-order valence-corrected chi connectivity index (χ3v) is 4.79. The number of esters is 1. The molecule has 0 bridgehead atoms. The first-order valence-corrected chi connectivity index (χ1v) is 8.70. The summed E-state index contributed by atoms with van der Waals surface area (Å²) >= 11 is 12.5. The van der Waals surface area contributed by atoms with Crippen LogP contribution in [0, 0.1) is 0 Å². The molecule has 3 N–H and O–H groups in total. The summed E-state index contributed by atoms with van der Waals surface area (Å²) in [6.07, 6.45) is 0. The summed E-state index contributed by atoms with van der Waals surface area (Å²) < 4.78 is 16.1. The second kappa shape index (κ2) is 7.64. The van der Waals surface area contributed by atoms with Crippen molar-refractivity contribution in [3.63, 3.8) is 0 Å². The van der Waals surface area contributed by atoms with Crippen LogP contribution in [-0.2, 0) is 16.1 Å². The molecule has 1 aliphatic heterocycles. The number of carbonyl (C=O) groups is 1. The van der Waals surface area contributed by atoms with Crippen LogP contribution in [0.4, 0.5) is 0 Å². The summed E-state index contributed by atoms with van der Waals surface area (Å²) in [5.74, 6) is -2.27. The van der Waals surface area contributed by atoms with Gasteiger partial charge in [0, 0.05) is 6.07 Å². The normalized spacial score (nSPS) is 15.9. The van der Waals surface area contributed by atoms with Gasteiger partial charge in [0.05, 0.1) is 22.6 Å². The zero-order valence-corrected chi connectivity index (χ0v) is 15.6. The molecule has 27 heavy (non-hydrogen) atoms. The van der Waals surface area contributed by atoms with Crippen molar-refractivity contribution in [2.75, 3.05) is 6.61 Å². The van der Waals surface area contributed by atoms with E-state index in [4.69, 9.17) is 42.8 Å². The molecule has 0 spiro atoms. The second-order valence-electron chi connectivity index (χ2n) is 5.60. The van der Waals surface area contributed by atoms with Gasteiger partial charge < -0.3 is 24.7 Å². The van der Waals surface area contributed by atoms with Crippen LogP contribution in [-0.4, -0.2) is 17.7 Å². The summed E-state index contributed by atoms with van der Waals surface area (Å²) in [6.45, 7) is 1.21. The molecule has 0 saturated carbocycles. The van der Waals surface area contributed by atoms with Gasteiger partial charge in [0.25, 0.3) is 0 Å². The van der Waals surface area contributed by atoms with Crippen LogP contribution in [0.2, 0.25) is 10.0 Å². The summed E-state index contributed by atoms with van der Waals surface area (Å²) in [7, 11) is 0. The second-order valence-corrected chi connectivity index (χ2v) is 6.39. The minimum absolute atomic E-state index is 0.00539. The van der Waals surface area contributed by atoms with Gasteiger partial charge in [-0.3, -0.25) is 4.79 Å². The van der Waals surface area contributed by atoms with Crippen molar-refractivity contribution in [3.05, 3.63) is 73.1 Å². The number of fused-ring (bicyclic) bond motifs is 1. The Labute approximate surface area is 163 Å². The third-order valence-electron chi connectivity index (χ3n) is 3.95. The number of benzene rings is 1. The molecule has 7 nitrogen and oxygen atoms in total. The summed E-state index contributed by atoms with van der Waals surface area (Å²) in [6, 6.07) is 5.90. The lowest BCUT2D eigenvalue weighted by Gasteiger charge is -2.27. The van der Waals surface area contributed by atoms with Crippen molar-refractivity contribution in [2.24, 2.45) is 5.73 Å². The van der Waals surface area contributed by atoms with Gasteiger partial charge in [-0.2, -0.15) is 0 Å². The number of halogens is 2. The maximum atomic E-state index is 12.6. The van der Waals surface area contributed by atoms with Crippen LogP contribution in [0.25, 0.3) is 0 Å². The Kier molecular flexibility index (Phi) is 5.46. The van der Waals surface area contributed by atoms with E-state index in [0.717, 1.165) is 6.07 Å². The van der Waals surface area contributed by atoms with Gasteiger partial charge in [0.1, 0.15) is 17.9 Å². The molecule has 2 aromatic rings. The minimum Gasteiger partial charge on any atom is -0.462 e. The summed E-state index contributed by atoms with van der Waals surface area (Å²) in [5, 5.41) is 9.78. The highest BCUT2D eigenvalue weighted by atomic mass is 35.5. The van der Waals surface area contributed by atoms with Crippen LogP contribution in [0.3, 0.4) is 0 Å². The van der Waals surface area contributed by atoms with E-state index in [2.05, 4.69) is 0 Å². The summed E-state index contributed by atoms with van der Waals surface area (Å²) in [5.41, 5.74) is 5.67. The number of rotatable bonds is 4. The Bertz CT molecular complexity index is 998. The highest BCUT2D eigenvalue weighted by Crippen LogP contribution is 2.45. The monoisotopic (exact) mass is 411 g/mol. The molecule has 0 aliphatic carbocycles. The van der Waals surface area contributed by atoms with E-state index in [1.807, 2.05) is 0 Å². The number of aliphatic hydroxyl groups is 1. The first kappa shape index (κ1) is 19.3. The zero-order valence-electron chi connectivity index (χ0n) is 14.1. The number of aliphatic hydroxyl groups excluding tert-OH is 1. The van der Waals surface area contributed by atoms with Crippen molar-refractivity contribution in [2.45, 2.75) is 19.4 Å². The standard InChI is InChI=1S/C18H15Cl2NO6/c1-2-25-18(24)13-12(9-4-3-5-10(19)14(9)20)16-15(27-17(13)21)11(23)6-8(7-22)26-16/h3-6,12,22H,2,7,21H2,1H3/t12-/m1/s1. The smallest absolute Gasteiger partial charge is 0.340 e. The number of carbonyl (C=O) groups excluding carboxylic acids is 1. The average molecular weight is 412 g/mol. The van der Waals surface area contributed by atoms with Gasteiger partial charge in [-0.1, -0.05) is 35.3 Å². The fourth-order valence-corrected chi connectivity index (χ4v) is 3.24. The maximum absolute atomic E-state index is 12.6. The SMILES string of the molecule is CCOC(=O)C1=C(N)Oc2c(oc(CO)cc2=O)[C@@H]1c1cccc(Cl)c1Cl. The molecule has 0 fully saturated rings. The van der Waals surface area contributed by atoms with E-state index in [1.165, 1.54) is 0 Å². The molecular formula is C18H15Cl2NO6. The largest absolute Gasteiger partial charge is 0.462 e. The van der Waals surface area contributed by atoms with Crippen molar-refractivity contribution >= 4 is 29.2 Å². The molecule has 1 aromatic heterocycles. The van der Waals surface area contributed by atoms with Gasteiger partial charge >= 0.3 is 5.97 Å². The van der Waals surface area contributed by atoms with Crippen molar-refractivity contribution in [3.8, 4) is 5.75 Å². The van der Waals surface area contributed by atoms with Gasteiger partial charge in [0.2, 0.25) is 17.1 Å². The van der Waals surface area contributed by atoms with Gasteiger partial charge in [-0.05, 0) is 18.6 Å². The molecule has 0 saturated heterocycles. The Morgan fingerprint density at radius 2 is 2.11 bits per heavy atom. The predicted octanol–water partition coefficient (Wildman–Crippen LogP) is 2.70. The molecule has 1 atom stereocenters. The lowest BCUT2D eigenvalue weighted by molar-refractivity contribution is -0.139. The molecule has 1 aromatic carbocycles. The van der Waals surface area contributed by atoms with E-state index in [-0.39, 0.29) is 45.4 Å². The number of hydrogen-bond donors (Lipinski definition) is 2. The van der Waals surface area contributed by atoms with E-state index in [0.29, 0.717) is 5.56 Å². The molecular weight excluding hydrogens is 397 g/mol. The zero-order chi connectivity index (χ0) is 19.7. The summed E-state index contributed by atoms with van der Waals surface area (Å²) in [4.78, 5) is 24.9. The van der Waals surface area contributed by atoms with Crippen molar-refractivity contribution in [1.29, 1.82) is 0 Å². The molecule has 2 heterocycles. The van der Waals surface area contributed by atoms with E-state index in [9.17, 15) is 14.7 Å². The topological polar surface area (TPSA) is 112 Å². The fourth-order valence-electron chi connectivity index (χ4n) is 2.82. The third kappa shape index (κ3) is 3.41. The highest BCUT2D eigenvalue weighted by molar-refractivity contribution is 6.42. The Hall–Kier alpha value is -2.48. The Morgan fingerprint density at radius 1 is 1.37 bits per heavy atom. The number of ether oxygens (including phenoxy) is 2. The highest BCUT2D eigenvalue weighted by Gasteiger charge is 2.40. The maximum Gasteiger partial charge on any atom is 0.340 e. The van der Waals surface area contributed by atoms with Gasteiger partial charge in [-0.15, -0.1) is 0 Å². The van der Waals surface area contributed by atoms with Crippen molar-refractivity contribution in [1.82, 2.24) is 0 Å². The molecule has 0 radical (unpaired) electrons. The molecule has 1 aliphatic rings. The van der Waals surface area contributed by atoms with Crippen LogP contribution in [0.15, 0.2) is 44.9 Å². The Morgan fingerprint density at radius 3 is 2.78 bits per heavy atom. The van der Waals surface area contributed by atoms with Crippen LogP contribution >= 0.6 is 23.2 Å². The van der Waals surface area contributed by atoms with E-state index in [1.54, 1.807) is 25.1 Å². The quantitative estimate of drug-likeness (QED) is 0.743. The molecule has 0 amide bonds. The van der Waals surface area contributed by atoms with E-state index >= 15 is 0 Å². The predicted molar refractivity (Wildman–Crippen MR) is 97.7 cm³/mol. The van der Waals surface area contributed by atoms with Crippen molar-refractivity contribution < 1.29 is 23.8 Å². The average Bonchev–Trinajstić information content (AvgIpc) is 2.63. The molecule has 3 rings (SSSR count). The lowest BCUT2D eigenvalue weighted by Crippen LogP contribution is -2.30. The minimum atomic E-state index is -1.00. The number of hydrogen-bond acceptors (Lipinski definition) is 7. The van der Waals surface area contributed by atoms with Gasteiger partial charge in [0.15, 0.2) is 5.76 Å². The van der Waals surface area contributed by atoms with Gasteiger partial charge in [-0.25, -0.2) is 4.79 Å². The number of nitrogens with two attached hydrogens (primary N) is 1. The molecule has 9 heteroatoms. The first-order chi connectivity index (χ1) is 12.9. The Balaban J connectivity index is 2.33.